The summed E-state index contributed by atoms with van der Waals surface area (Å²) in [5.74, 6) is -0.469. The van der Waals surface area contributed by atoms with Crippen LogP contribution in [0.25, 0.3) is 0 Å². The van der Waals surface area contributed by atoms with Gasteiger partial charge in [-0.1, -0.05) is 23.2 Å². The summed E-state index contributed by atoms with van der Waals surface area (Å²) in [6.45, 7) is 5.91. The maximum atomic E-state index is 11.8. The molecule has 1 aromatic heterocycles. The number of nitrogens with one attached hydrogen (secondary N) is 2. The molecule has 1 heterocycles. The van der Waals surface area contributed by atoms with Crippen molar-refractivity contribution in [3.05, 3.63) is 28.0 Å². The van der Waals surface area contributed by atoms with Crippen molar-refractivity contribution < 1.29 is 9.59 Å². The lowest BCUT2D eigenvalue weighted by atomic mass is 10.1. The van der Waals surface area contributed by atoms with Gasteiger partial charge in [0.25, 0.3) is 5.91 Å². The van der Waals surface area contributed by atoms with Gasteiger partial charge in [-0.25, -0.2) is 4.98 Å². The fraction of sp³-hybridized carbons (Fsp3) is 0.462. The first kappa shape index (κ1) is 16.7. The van der Waals surface area contributed by atoms with Gasteiger partial charge in [-0.3, -0.25) is 9.59 Å². The van der Waals surface area contributed by atoms with E-state index in [-0.39, 0.29) is 40.6 Å². The molecule has 0 aliphatic rings. The lowest BCUT2D eigenvalue weighted by molar-refractivity contribution is -0.122. The minimum Gasteiger partial charge on any atom is -0.352 e. The molecule has 0 saturated heterocycles. The van der Waals surface area contributed by atoms with Crippen molar-refractivity contribution in [2.75, 3.05) is 6.54 Å². The van der Waals surface area contributed by atoms with Crippen LogP contribution in [-0.4, -0.2) is 28.9 Å². The highest BCUT2D eigenvalue weighted by molar-refractivity contribution is 6.33. The van der Waals surface area contributed by atoms with Crippen molar-refractivity contribution in [2.45, 2.75) is 32.7 Å². The van der Waals surface area contributed by atoms with E-state index in [0.29, 0.717) is 5.56 Å². The van der Waals surface area contributed by atoms with E-state index in [0.717, 1.165) is 0 Å². The smallest absolute Gasteiger partial charge is 0.251 e. The van der Waals surface area contributed by atoms with Crippen LogP contribution in [-0.2, 0) is 4.79 Å². The molecule has 0 spiro atoms. The number of halogens is 2. The van der Waals surface area contributed by atoms with Gasteiger partial charge < -0.3 is 10.6 Å². The Hall–Kier alpha value is -1.33. The molecule has 1 aromatic rings. The predicted molar refractivity (Wildman–Crippen MR) is 79.1 cm³/mol. The number of hydrogen-bond acceptors (Lipinski definition) is 3. The van der Waals surface area contributed by atoms with Crippen LogP contribution in [0.4, 0.5) is 0 Å². The standard InChI is InChI=1S/C13H17Cl2N3O2/c1-13(2,3)18-11(19)4-5-16-12(20)8-6-9(14)17-10(15)7-8/h6-7H,4-5H2,1-3H3,(H,16,20)(H,18,19). The topological polar surface area (TPSA) is 71.1 Å². The number of carbonyl (C=O) groups is 2. The van der Waals surface area contributed by atoms with Gasteiger partial charge in [-0.2, -0.15) is 0 Å². The number of nitrogens with zero attached hydrogens (tertiary/aromatic N) is 1. The lowest BCUT2D eigenvalue weighted by Crippen LogP contribution is -2.42. The lowest BCUT2D eigenvalue weighted by Gasteiger charge is -2.20. The molecule has 0 aliphatic carbocycles. The van der Waals surface area contributed by atoms with Gasteiger partial charge in [-0.05, 0) is 32.9 Å². The van der Waals surface area contributed by atoms with E-state index in [4.69, 9.17) is 23.2 Å². The average molecular weight is 318 g/mol. The zero-order valence-electron chi connectivity index (χ0n) is 11.6. The molecule has 0 radical (unpaired) electrons. The quantitative estimate of drug-likeness (QED) is 0.838. The highest BCUT2D eigenvalue weighted by Gasteiger charge is 2.14. The monoisotopic (exact) mass is 317 g/mol. The van der Waals surface area contributed by atoms with Gasteiger partial charge in [-0.15, -0.1) is 0 Å². The number of pyridine rings is 1. The first-order chi connectivity index (χ1) is 9.17. The zero-order valence-corrected chi connectivity index (χ0v) is 13.1. The van der Waals surface area contributed by atoms with Crippen molar-refractivity contribution in [1.82, 2.24) is 15.6 Å². The Morgan fingerprint density at radius 2 is 1.75 bits per heavy atom. The molecule has 0 unspecified atom stereocenters. The summed E-state index contributed by atoms with van der Waals surface area (Å²) in [6.07, 6.45) is 0.204. The average Bonchev–Trinajstić information content (AvgIpc) is 2.24. The second-order valence-electron chi connectivity index (χ2n) is 5.31. The van der Waals surface area contributed by atoms with Crippen molar-refractivity contribution in [2.24, 2.45) is 0 Å². The molecule has 0 aliphatic heterocycles. The van der Waals surface area contributed by atoms with E-state index >= 15 is 0 Å². The summed E-state index contributed by atoms with van der Waals surface area (Å²) >= 11 is 11.4. The Balaban J connectivity index is 2.46. The molecule has 20 heavy (non-hydrogen) atoms. The first-order valence-electron chi connectivity index (χ1n) is 6.10. The maximum absolute atomic E-state index is 11.8. The molecule has 0 aromatic carbocycles. The van der Waals surface area contributed by atoms with Crippen LogP contribution in [0.5, 0.6) is 0 Å². The van der Waals surface area contributed by atoms with Crippen LogP contribution >= 0.6 is 23.2 Å². The summed E-state index contributed by atoms with van der Waals surface area (Å²) in [5, 5.41) is 5.73. The Morgan fingerprint density at radius 3 is 2.25 bits per heavy atom. The zero-order chi connectivity index (χ0) is 15.3. The van der Waals surface area contributed by atoms with E-state index < -0.39 is 0 Å². The molecule has 110 valence electrons. The van der Waals surface area contributed by atoms with E-state index in [2.05, 4.69) is 15.6 Å². The molecule has 0 saturated carbocycles. The molecular formula is C13H17Cl2N3O2. The van der Waals surface area contributed by atoms with Crippen LogP contribution in [0, 0.1) is 0 Å². The fourth-order valence-corrected chi connectivity index (χ4v) is 1.93. The summed E-state index contributed by atoms with van der Waals surface area (Å²) in [6, 6.07) is 2.83. The second kappa shape index (κ2) is 6.90. The Kier molecular flexibility index (Phi) is 5.77. The molecule has 7 heteroatoms. The van der Waals surface area contributed by atoms with E-state index in [9.17, 15) is 9.59 Å². The number of amides is 2. The molecule has 2 amide bonds. The Labute approximate surface area is 128 Å². The summed E-state index contributed by atoms with van der Waals surface area (Å²) in [7, 11) is 0. The van der Waals surface area contributed by atoms with E-state index in [1.807, 2.05) is 20.8 Å². The summed E-state index contributed by atoms with van der Waals surface area (Å²) in [5.41, 5.74) is 0.0268. The molecule has 0 bridgehead atoms. The van der Waals surface area contributed by atoms with Crippen LogP contribution < -0.4 is 10.6 Å². The second-order valence-corrected chi connectivity index (χ2v) is 6.08. The molecule has 2 N–H and O–H groups in total. The highest BCUT2D eigenvalue weighted by Crippen LogP contribution is 2.14. The third kappa shape index (κ3) is 6.21. The normalized spacial score (nSPS) is 11.1. The van der Waals surface area contributed by atoms with E-state index in [1.54, 1.807) is 0 Å². The van der Waals surface area contributed by atoms with Crippen LogP contribution in [0.1, 0.15) is 37.6 Å². The van der Waals surface area contributed by atoms with Gasteiger partial charge in [0.1, 0.15) is 10.3 Å². The number of carbonyl (C=O) groups excluding carboxylic acids is 2. The van der Waals surface area contributed by atoms with Gasteiger partial charge in [0.2, 0.25) is 5.91 Å². The minimum absolute atomic E-state index is 0.122. The molecular weight excluding hydrogens is 301 g/mol. The maximum Gasteiger partial charge on any atom is 0.251 e. The molecule has 0 fully saturated rings. The van der Waals surface area contributed by atoms with Gasteiger partial charge in [0, 0.05) is 24.1 Å². The fourth-order valence-electron chi connectivity index (χ4n) is 1.47. The number of hydrogen-bond donors (Lipinski definition) is 2. The predicted octanol–water partition coefficient (Wildman–Crippen LogP) is 2.42. The third-order valence-electron chi connectivity index (χ3n) is 2.18. The molecule has 1 rings (SSSR count). The third-order valence-corrected chi connectivity index (χ3v) is 2.56. The number of rotatable bonds is 4. The van der Waals surface area contributed by atoms with Crippen molar-refractivity contribution in [1.29, 1.82) is 0 Å². The van der Waals surface area contributed by atoms with Gasteiger partial charge >= 0.3 is 0 Å². The Bertz CT molecular complexity index is 493. The minimum atomic E-state index is -0.347. The van der Waals surface area contributed by atoms with Gasteiger partial charge in [0.05, 0.1) is 0 Å². The van der Waals surface area contributed by atoms with Gasteiger partial charge in [0.15, 0.2) is 0 Å². The van der Waals surface area contributed by atoms with Crippen molar-refractivity contribution >= 4 is 35.0 Å². The van der Waals surface area contributed by atoms with Crippen LogP contribution in [0.2, 0.25) is 10.3 Å². The Morgan fingerprint density at radius 1 is 1.20 bits per heavy atom. The number of aromatic nitrogens is 1. The largest absolute Gasteiger partial charge is 0.352 e. The molecule has 0 atom stereocenters. The van der Waals surface area contributed by atoms with Crippen LogP contribution in [0.15, 0.2) is 12.1 Å². The highest BCUT2D eigenvalue weighted by atomic mass is 35.5. The first-order valence-corrected chi connectivity index (χ1v) is 6.85. The van der Waals surface area contributed by atoms with Crippen molar-refractivity contribution in [3.63, 3.8) is 0 Å². The van der Waals surface area contributed by atoms with Crippen molar-refractivity contribution in [3.8, 4) is 0 Å². The summed E-state index contributed by atoms with van der Waals surface area (Å²) in [4.78, 5) is 27.2. The SMILES string of the molecule is CC(C)(C)NC(=O)CCNC(=O)c1cc(Cl)nc(Cl)c1. The summed E-state index contributed by atoms with van der Waals surface area (Å²) < 4.78 is 0. The van der Waals surface area contributed by atoms with E-state index in [1.165, 1.54) is 12.1 Å². The van der Waals surface area contributed by atoms with Crippen LogP contribution in [0.3, 0.4) is 0 Å². The molecule has 5 nitrogen and oxygen atoms in total.